The summed E-state index contributed by atoms with van der Waals surface area (Å²) >= 11 is 0. The Hall–Kier alpha value is -4.04. The van der Waals surface area contributed by atoms with Crippen molar-refractivity contribution in [3.05, 3.63) is 105 Å². The average molecular weight is 521 g/mol. The van der Waals surface area contributed by atoms with E-state index in [4.69, 9.17) is 9.98 Å². The molecule has 2 nitrogen and oxygen atoms in total. The zero-order chi connectivity index (χ0) is 27.1. The number of rotatable bonds is 8. The van der Waals surface area contributed by atoms with Gasteiger partial charge in [-0.05, 0) is 105 Å². The van der Waals surface area contributed by atoms with Crippen molar-refractivity contribution in [2.24, 2.45) is 9.98 Å². The SMILES string of the molecule is CCCCc1ccc(N=C2C=c3c4c5c6ccc(cc6)c5c(c3=CC2)CC4=Nc2ccc(CCCC)cc2)cc1. The van der Waals surface area contributed by atoms with Crippen molar-refractivity contribution in [1.82, 2.24) is 0 Å². The highest BCUT2D eigenvalue weighted by Gasteiger charge is 2.27. The van der Waals surface area contributed by atoms with Crippen LogP contribution in [0.5, 0.6) is 0 Å². The lowest BCUT2D eigenvalue weighted by Gasteiger charge is -2.26. The number of unbranched alkanes of at least 4 members (excludes halogenated alkanes) is 2. The van der Waals surface area contributed by atoms with Gasteiger partial charge in [0.1, 0.15) is 0 Å². The first-order chi connectivity index (χ1) is 19.7. The number of benzene rings is 6. The van der Waals surface area contributed by atoms with Crippen LogP contribution >= 0.6 is 0 Å². The topological polar surface area (TPSA) is 24.7 Å². The third-order valence-electron chi connectivity index (χ3n) is 8.66. The van der Waals surface area contributed by atoms with Gasteiger partial charge in [0, 0.05) is 24.1 Å². The van der Waals surface area contributed by atoms with Gasteiger partial charge in [0.15, 0.2) is 0 Å². The molecule has 0 fully saturated rings. The van der Waals surface area contributed by atoms with Gasteiger partial charge < -0.3 is 0 Å². The van der Waals surface area contributed by atoms with Crippen LogP contribution < -0.4 is 10.4 Å². The predicted octanol–water partition coefficient (Wildman–Crippen LogP) is 8.53. The maximum Gasteiger partial charge on any atom is 0.0633 e. The Morgan fingerprint density at radius 2 is 1.20 bits per heavy atom. The minimum Gasteiger partial charge on any atom is -0.253 e. The summed E-state index contributed by atoms with van der Waals surface area (Å²) in [5, 5.41) is 8.11. The normalized spacial score (nSPS) is 16.1. The van der Waals surface area contributed by atoms with Crippen molar-refractivity contribution >= 4 is 56.5 Å². The highest BCUT2D eigenvalue weighted by atomic mass is 14.8. The maximum atomic E-state index is 5.28. The molecule has 40 heavy (non-hydrogen) atoms. The standard InChI is InChI=1S/C38H36N2/c1-3-5-7-25-9-17-29(18-10-25)39-31-21-22-32-33(23-31)38-35(40-30-19-11-26(12-20-30)8-6-4-2)24-34(32)36-27-13-15-28(16-14-27)37(36)38/h9-20,22-23H,3-8,21,24H2,1-2H3. The first kappa shape index (κ1) is 25.0. The molecular weight excluding hydrogens is 484 g/mol. The zero-order valence-electron chi connectivity index (χ0n) is 23.6. The number of aliphatic imine (C=N–C) groups is 2. The maximum absolute atomic E-state index is 5.28. The van der Waals surface area contributed by atoms with Gasteiger partial charge in [0.25, 0.3) is 0 Å². The van der Waals surface area contributed by atoms with E-state index >= 15 is 0 Å². The number of aryl methyl sites for hydroxylation is 2. The summed E-state index contributed by atoms with van der Waals surface area (Å²) in [7, 11) is 0. The second-order valence-corrected chi connectivity index (χ2v) is 11.4. The van der Waals surface area contributed by atoms with Crippen LogP contribution in [0, 0.1) is 0 Å². The van der Waals surface area contributed by atoms with E-state index in [0.717, 1.165) is 42.8 Å². The zero-order valence-corrected chi connectivity index (χ0v) is 23.6. The summed E-state index contributed by atoms with van der Waals surface area (Å²) in [4.78, 5) is 10.4. The molecule has 0 spiro atoms. The van der Waals surface area contributed by atoms with E-state index < -0.39 is 0 Å². The summed E-state index contributed by atoms with van der Waals surface area (Å²) in [6.45, 7) is 4.49. The van der Waals surface area contributed by atoms with Crippen LogP contribution in [0.2, 0.25) is 0 Å². The van der Waals surface area contributed by atoms with Gasteiger partial charge in [-0.2, -0.15) is 0 Å². The first-order valence-corrected chi connectivity index (χ1v) is 15.1. The van der Waals surface area contributed by atoms with Crippen molar-refractivity contribution in [2.75, 3.05) is 0 Å². The monoisotopic (exact) mass is 520 g/mol. The molecule has 0 aromatic heterocycles. The van der Waals surface area contributed by atoms with E-state index in [9.17, 15) is 0 Å². The quantitative estimate of drug-likeness (QED) is 0.196. The van der Waals surface area contributed by atoms with Gasteiger partial charge in [0.2, 0.25) is 0 Å². The molecule has 9 rings (SSSR count). The summed E-state index contributed by atoms with van der Waals surface area (Å²) in [5.41, 5.74) is 9.90. The van der Waals surface area contributed by atoms with Gasteiger partial charge >= 0.3 is 0 Å². The second kappa shape index (κ2) is 10.5. The molecule has 3 aliphatic rings. The minimum absolute atomic E-state index is 0.860. The van der Waals surface area contributed by atoms with Gasteiger partial charge in [-0.15, -0.1) is 0 Å². The van der Waals surface area contributed by atoms with Crippen LogP contribution in [0.4, 0.5) is 11.4 Å². The number of fused-ring (bicyclic) bond motifs is 3. The summed E-state index contributed by atoms with van der Waals surface area (Å²) in [6, 6.07) is 26.8. The molecule has 0 radical (unpaired) electrons. The fourth-order valence-electron chi connectivity index (χ4n) is 6.54. The Balaban J connectivity index is 1.35. The highest BCUT2D eigenvalue weighted by Crippen LogP contribution is 2.36. The highest BCUT2D eigenvalue weighted by molar-refractivity contribution is 6.28. The lowest BCUT2D eigenvalue weighted by atomic mass is 9.78. The van der Waals surface area contributed by atoms with Crippen molar-refractivity contribution in [2.45, 2.75) is 65.2 Å². The summed E-state index contributed by atoms with van der Waals surface area (Å²) in [5.74, 6) is 0. The molecule has 0 aliphatic heterocycles. The molecule has 198 valence electrons. The molecule has 0 heterocycles. The Morgan fingerprint density at radius 1 is 0.625 bits per heavy atom. The average Bonchev–Trinajstić information content (AvgIpc) is 3.01. The van der Waals surface area contributed by atoms with Gasteiger partial charge in [-0.1, -0.05) is 81.3 Å². The van der Waals surface area contributed by atoms with Crippen molar-refractivity contribution in [1.29, 1.82) is 0 Å². The fraction of sp³-hybridized carbons (Fsp3) is 0.263. The van der Waals surface area contributed by atoms with Gasteiger partial charge in [0.05, 0.1) is 17.1 Å². The largest absolute Gasteiger partial charge is 0.253 e. The van der Waals surface area contributed by atoms with Crippen molar-refractivity contribution < 1.29 is 0 Å². The van der Waals surface area contributed by atoms with E-state index in [1.165, 1.54) is 85.6 Å². The van der Waals surface area contributed by atoms with E-state index in [0.29, 0.717) is 0 Å². The molecule has 3 aliphatic carbocycles. The van der Waals surface area contributed by atoms with E-state index in [2.05, 4.69) is 98.8 Å². The molecular formula is C38H36N2. The molecule has 0 saturated heterocycles. The molecule has 0 atom stereocenters. The molecule has 4 bridgehead atoms. The molecule has 0 saturated carbocycles. The van der Waals surface area contributed by atoms with E-state index in [1.54, 1.807) is 0 Å². The lowest BCUT2D eigenvalue weighted by Crippen LogP contribution is -2.43. The van der Waals surface area contributed by atoms with Crippen LogP contribution in [0.1, 0.15) is 68.2 Å². The third kappa shape index (κ3) is 4.46. The Morgan fingerprint density at radius 3 is 1.80 bits per heavy atom. The fourth-order valence-corrected chi connectivity index (χ4v) is 6.54. The molecule has 0 amide bonds. The summed E-state index contributed by atoms with van der Waals surface area (Å²) in [6.07, 6.45) is 13.7. The van der Waals surface area contributed by atoms with Crippen LogP contribution in [-0.2, 0) is 19.3 Å². The van der Waals surface area contributed by atoms with Crippen molar-refractivity contribution in [3.63, 3.8) is 0 Å². The molecule has 2 heteroatoms. The number of hydrogen-bond donors (Lipinski definition) is 0. The van der Waals surface area contributed by atoms with Crippen molar-refractivity contribution in [3.8, 4) is 0 Å². The van der Waals surface area contributed by atoms with Crippen LogP contribution in [0.25, 0.3) is 33.7 Å². The third-order valence-corrected chi connectivity index (χ3v) is 8.66. The van der Waals surface area contributed by atoms with Crippen LogP contribution in [0.3, 0.4) is 0 Å². The first-order valence-electron chi connectivity index (χ1n) is 15.1. The smallest absolute Gasteiger partial charge is 0.0633 e. The Kier molecular flexibility index (Phi) is 6.55. The Labute approximate surface area is 236 Å². The number of hydrogen-bond acceptors (Lipinski definition) is 2. The van der Waals surface area contributed by atoms with Gasteiger partial charge in [-0.3, -0.25) is 9.98 Å². The Bertz CT molecular complexity index is 1870. The van der Waals surface area contributed by atoms with E-state index in [1.807, 2.05) is 0 Å². The minimum atomic E-state index is 0.860. The van der Waals surface area contributed by atoms with Crippen LogP contribution in [0.15, 0.2) is 82.8 Å². The molecule has 6 aromatic rings. The molecule has 0 N–H and O–H groups in total. The van der Waals surface area contributed by atoms with E-state index in [-0.39, 0.29) is 0 Å². The van der Waals surface area contributed by atoms with Gasteiger partial charge in [-0.25, -0.2) is 0 Å². The molecule has 0 unspecified atom stereocenters. The molecule has 6 aromatic carbocycles. The second-order valence-electron chi connectivity index (χ2n) is 11.4. The van der Waals surface area contributed by atoms with Crippen LogP contribution in [-0.4, -0.2) is 11.4 Å². The number of nitrogens with zero attached hydrogens (tertiary/aromatic N) is 2. The summed E-state index contributed by atoms with van der Waals surface area (Å²) < 4.78 is 0. The predicted molar refractivity (Wildman–Crippen MR) is 173 cm³/mol. The lowest BCUT2D eigenvalue weighted by molar-refractivity contribution is 0.795.